The topological polar surface area (TPSA) is 56.0 Å². The first-order valence-corrected chi connectivity index (χ1v) is 7.83. The zero-order valence-electron chi connectivity index (χ0n) is 14.7. The molecule has 2 heterocycles. The molecule has 0 unspecified atom stereocenters. The number of rotatable bonds is 6. The fourth-order valence-corrected chi connectivity index (χ4v) is 2.65. The number of nitrogens with zero attached hydrogens (tertiary/aromatic N) is 5. The largest absolute Gasteiger partial charge is 0.340 e. The third-order valence-corrected chi connectivity index (χ3v) is 4.16. The van der Waals surface area contributed by atoms with Crippen LogP contribution in [0.2, 0.25) is 0 Å². The van der Waals surface area contributed by atoms with Crippen molar-refractivity contribution in [2.24, 2.45) is 0 Å². The van der Waals surface area contributed by atoms with Crippen LogP contribution < -0.4 is 0 Å². The zero-order chi connectivity index (χ0) is 18.0. The minimum absolute atomic E-state index is 0.0605. The van der Waals surface area contributed by atoms with Crippen molar-refractivity contribution in [3.05, 3.63) is 34.4 Å². The van der Waals surface area contributed by atoms with Crippen molar-refractivity contribution < 1.29 is 13.6 Å². The molecule has 0 fully saturated rings. The Bertz CT molecular complexity index is 735. The first-order valence-electron chi connectivity index (χ1n) is 7.83. The van der Waals surface area contributed by atoms with Crippen LogP contribution in [0.3, 0.4) is 0 Å². The number of aromatic nitrogens is 4. The number of carbonyl (C=O) groups is 1. The van der Waals surface area contributed by atoms with Gasteiger partial charge in [-0.15, -0.1) is 0 Å². The minimum Gasteiger partial charge on any atom is -0.340 e. The summed E-state index contributed by atoms with van der Waals surface area (Å²) in [6.07, 6.45) is -2.64. The van der Waals surface area contributed by atoms with E-state index in [-0.39, 0.29) is 18.1 Å². The number of likely N-dealkylation sites (N-methyl/N-ethyl adjacent to an activating group) is 1. The second kappa shape index (κ2) is 7.11. The van der Waals surface area contributed by atoms with E-state index in [4.69, 9.17) is 0 Å². The van der Waals surface area contributed by atoms with E-state index in [0.29, 0.717) is 12.2 Å². The molecule has 132 valence electrons. The summed E-state index contributed by atoms with van der Waals surface area (Å²) in [4.78, 5) is 14.0. The Morgan fingerprint density at radius 3 is 2.42 bits per heavy atom. The van der Waals surface area contributed by atoms with Gasteiger partial charge in [-0.25, -0.2) is 8.78 Å². The summed E-state index contributed by atoms with van der Waals surface area (Å²) in [5.41, 5.74) is 3.17. The van der Waals surface area contributed by atoms with E-state index < -0.39 is 6.43 Å². The zero-order valence-corrected chi connectivity index (χ0v) is 14.7. The molecular formula is C16H23F2N5O. The molecule has 0 atom stereocenters. The van der Waals surface area contributed by atoms with Crippen molar-refractivity contribution in [2.75, 3.05) is 7.05 Å². The minimum atomic E-state index is -2.64. The standard InChI is InChI=1S/C16H23F2N5O/c1-6-22-12(4)13(11(3)19-22)8-21(5)15(24)9-23-10(2)7-14(20-23)16(17)18/h7,16H,6,8-9H2,1-5H3. The molecule has 0 aliphatic carbocycles. The van der Waals surface area contributed by atoms with E-state index in [1.54, 1.807) is 18.9 Å². The molecule has 2 aromatic heterocycles. The Kier molecular flexibility index (Phi) is 5.36. The van der Waals surface area contributed by atoms with Gasteiger partial charge in [0.25, 0.3) is 6.43 Å². The van der Waals surface area contributed by atoms with E-state index in [2.05, 4.69) is 10.2 Å². The molecule has 1 amide bonds. The van der Waals surface area contributed by atoms with Crippen LogP contribution in [0.15, 0.2) is 6.07 Å². The average Bonchev–Trinajstić information content (AvgIpc) is 3.01. The summed E-state index contributed by atoms with van der Waals surface area (Å²) in [6.45, 7) is 8.70. The number of aryl methyl sites for hydroxylation is 3. The number of alkyl halides is 2. The highest BCUT2D eigenvalue weighted by Crippen LogP contribution is 2.18. The van der Waals surface area contributed by atoms with Gasteiger partial charge < -0.3 is 4.90 Å². The normalized spacial score (nSPS) is 11.3. The highest BCUT2D eigenvalue weighted by molar-refractivity contribution is 5.75. The van der Waals surface area contributed by atoms with Crippen molar-refractivity contribution in [3.63, 3.8) is 0 Å². The fraction of sp³-hybridized carbons (Fsp3) is 0.562. The molecule has 0 aliphatic rings. The van der Waals surface area contributed by atoms with Gasteiger partial charge in [-0.05, 0) is 33.8 Å². The van der Waals surface area contributed by atoms with Gasteiger partial charge in [0, 0.05) is 37.1 Å². The van der Waals surface area contributed by atoms with Crippen LogP contribution in [-0.2, 0) is 24.4 Å². The van der Waals surface area contributed by atoms with Crippen LogP contribution in [0.4, 0.5) is 8.78 Å². The molecule has 2 rings (SSSR count). The molecular weight excluding hydrogens is 316 g/mol. The summed E-state index contributed by atoms with van der Waals surface area (Å²) in [5.74, 6) is -0.190. The highest BCUT2D eigenvalue weighted by atomic mass is 19.3. The van der Waals surface area contributed by atoms with E-state index in [9.17, 15) is 13.6 Å². The van der Waals surface area contributed by atoms with Crippen molar-refractivity contribution in [2.45, 2.75) is 53.8 Å². The number of hydrogen-bond donors (Lipinski definition) is 0. The highest BCUT2D eigenvalue weighted by Gasteiger charge is 2.19. The van der Waals surface area contributed by atoms with Gasteiger partial charge in [0.15, 0.2) is 0 Å². The van der Waals surface area contributed by atoms with Crippen molar-refractivity contribution in [1.29, 1.82) is 0 Å². The first kappa shape index (κ1) is 18.1. The Hall–Kier alpha value is -2.25. The maximum Gasteiger partial charge on any atom is 0.282 e. The molecule has 0 radical (unpaired) electrons. The lowest BCUT2D eigenvalue weighted by Gasteiger charge is -2.18. The van der Waals surface area contributed by atoms with E-state index in [0.717, 1.165) is 23.5 Å². The lowest BCUT2D eigenvalue weighted by atomic mass is 10.2. The summed E-state index contributed by atoms with van der Waals surface area (Å²) in [6, 6.07) is 1.30. The first-order chi connectivity index (χ1) is 11.2. The second-order valence-corrected chi connectivity index (χ2v) is 5.88. The molecule has 6 nitrogen and oxygen atoms in total. The van der Waals surface area contributed by atoms with Crippen LogP contribution in [0.5, 0.6) is 0 Å². The van der Waals surface area contributed by atoms with Crippen LogP contribution in [-0.4, -0.2) is 37.4 Å². The summed E-state index contributed by atoms with van der Waals surface area (Å²) < 4.78 is 28.6. The Morgan fingerprint density at radius 1 is 1.25 bits per heavy atom. The Labute approximate surface area is 140 Å². The molecule has 0 aromatic carbocycles. The molecule has 0 saturated carbocycles. The quantitative estimate of drug-likeness (QED) is 0.813. The summed E-state index contributed by atoms with van der Waals surface area (Å²) in [7, 11) is 1.69. The number of carbonyl (C=O) groups excluding carboxylic acids is 1. The maximum absolute atomic E-state index is 12.7. The third kappa shape index (κ3) is 3.63. The lowest BCUT2D eigenvalue weighted by molar-refractivity contribution is -0.131. The number of halogens is 2. The van der Waals surface area contributed by atoms with Crippen molar-refractivity contribution in [1.82, 2.24) is 24.5 Å². The molecule has 0 aliphatic heterocycles. The Morgan fingerprint density at radius 2 is 1.92 bits per heavy atom. The number of amides is 1. The molecule has 8 heteroatoms. The summed E-state index contributed by atoms with van der Waals surface area (Å²) in [5, 5.41) is 8.23. The van der Waals surface area contributed by atoms with Gasteiger partial charge in [0.05, 0.1) is 5.69 Å². The van der Waals surface area contributed by atoms with Gasteiger partial charge in [-0.2, -0.15) is 10.2 Å². The van der Waals surface area contributed by atoms with Crippen LogP contribution >= 0.6 is 0 Å². The number of hydrogen-bond acceptors (Lipinski definition) is 3. The predicted molar refractivity (Wildman–Crippen MR) is 85.8 cm³/mol. The second-order valence-electron chi connectivity index (χ2n) is 5.88. The molecule has 2 aromatic rings. The molecule has 24 heavy (non-hydrogen) atoms. The van der Waals surface area contributed by atoms with E-state index in [1.807, 2.05) is 25.5 Å². The van der Waals surface area contributed by atoms with Gasteiger partial charge >= 0.3 is 0 Å². The molecule has 0 spiro atoms. The smallest absolute Gasteiger partial charge is 0.282 e. The predicted octanol–water partition coefficient (Wildman–Crippen LogP) is 2.62. The molecule has 0 N–H and O–H groups in total. The van der Waals surface area contributed by atoms with Crippen molar-refractivity contribution in [3.8, 4) is 0 Å². The monoisotopic (exact) mass is 339 g/mol. The van der Waals surface area contributed by atoms with Crippen molar-refractivity contribution >= 4 is 5.91 Å². The molecule has 0 bridgehead atoms. The molecule has 0 saturated heterocycles. The fourth-order valence-electron chi connectivity index (χ4n) is 2.65. The third-order valence-electron chi connectivity index (χ3n) is 4.16. The SMILES string of the molecule is CCn1nc(C)c(CN(C)C(=O)Cn2nc(C(F)F)cc2C)c1C. The van der Waals surface area contributed by atoms with Gasteiger partial charge in [-0.3, -0.25) is 14.2 Å². The van der Waals surface area contributed by atoms with Crippen LogP contribution in [0.25, 0.3) is 0 Å². The maximum atomic E-state index is 12.7. The summed E-state index contributed by atoms with van der Waals surface area (Å²) >= 11 is 0. The van der Waals surface area contributed by atoms with Crippen LogP contribution in [0.1, 0.15) is 41.7 Å². The van der Waals surface area contributed by atoms with E-state index in [1.165, 1.54) is 10.7 Å². The van der Waals surface area contributed by atoms with E-state index >= 15 is 0 Å². The van der Waals surface area contributed by atoms with Gasteiger partial charge in [0.2, 0.25) is 5.91 Å². The average molecular weight is 339 g/mol. The lowest BCUT2D eigenvalue weighted by Crippen LogP contribution is -2.30. The van der Waals surface area contributed by atoms with Gasteiger partial charge in [0.1, 0.15) is 12.2 Å². The van der Waals surface area contributed by atoms with Gasteiger partial charge in [-0.1, -0.05) is 0 Å². The Balaban J connectivity index is 2.09. The van der Waals surface area contributed by atoms with Crippen LogP contribution in [0, 0.1) is 20.8 Å².